The summed E-state index contributed by atoms with van der Waals surface area (Å²) in [4.78, 5) is 41.8. The number of carbonyl (C=O) groups is 2. The molecule has 0 spiro atoms. The average molecular weight is 534 g/mol. The van der Waals surface area contributed by atoms with E-state index >= 15 is 0 Å². The van der Waals surface area contributed by atoms with Crippen molar-refractivity contribution >= 4 is 17.5 Å². The highest BCUT2D eigenvalue weighted by Crippen LogP contribution is 2.35. The smallest absolute Gasteiger partial charge is 0.269 e. The zero-order chi connectivity index (χ0) is 27.4. The van der Waals surface area contributed by atoms with Gasteiger partial charge in [0.25, 0.3) is 5.69 Å². The molecule has 2 aromatic rings. The van der Waals surface area contributed by atoms with Crippen LogP contribution in [0.2, 0.25) is 0 Å². The van der Waals surface area contributed by atoms with E-state index in [1.807, 2.05) is 23.1 Å². The summed E-state index contributed by atoms with van der Waals surface area (Å²) in [7, 11) is 0. The fraction of sp³-hybridized carbons (Fsp3) is 0.533. The van der Waals surface area contributed by atoms with Crippen LogP contribution in [0.25, 0.3) is 0 Å². The summed E-state index contributed by atoms with van der Waals surface area (Å²) in [6.07, 6.45) is 6.78. The Morgan fingerprint density at radius 2 is 1.67 bits per heavy atom. The molecule has 2 aromatic carbocycles. The van der Waals surface area contributed by atoms with Crippen molar-refractivity contribution < 1.29 is 14.5 Å². The number of hydrogen-bond donors (Lipinski definition) is 2. The molecule has 0 radical (unpaired) electrons. The largest absolute Gasteiger partial charge is 0.352 e. The van der Waals surface area contributed by atoms with E-state index < -0.39 is 11.0 Å². The van der Waals surface area contributed by atoms with Crippen LogP contribution >= 0.6 is 0 Å². The van der Waals surface area contributed by atoms with Gasteiger partial charge in [-0.25, -0.2) is 0 Å². The number of likely N-dealkylation sites (tertiary alicyclic amines) is 1. The second-order valence-corrected chi connectivity index (χ2v) is 11.4. The fourth-order valence-corrected chi connectivity index (χ4v) is 5.96. The quantitative estimate of drug-likeness (QED) is 0.357. The lowest BCUT2D eigenvalue weighted by Crippen LogP contribution is -2.50. The van der Waals surface area contributed by atoms with Gasteiger partial charge in [0.1, 0.15) is 6.04 Å². The van der Waals surface area contributed by atoms with E-state index in [9.17, 15) is 19.7 Å². The molecule has 39 heavy (non-hydrogen) atoms. The number of rotatable bonds is 10. The van der Waals surface area contributed by atoms with Crippen LogP contribution in [0.1, 0.15) is 56.1 Å². The van der Waals surface area contributed by atoms with Crippen molar-refractivity contribution in [3.63, 3.8) is 0 Å². The van der Waals surface area contributed by atoms with Crippen LogP contribution in [-0.4, -0.2) is 63.8 Å². The predicted octanol–water partition coefficient (Wildman–Crippen LogP) is 3.41. The Kier molecular flexibility index (Phi) is 8.57. The molecule has 208 valence electrons. The Morgan fingerprint density at radius 1 is 0.974 bits per heavy atom. The minimum atomic E-state index is -0.477. The van der Waals surface area contributed by atoms with Crippen LogP contribution < -0.4 is 11.1 Å². The lowest BCUT2D eigenvalue weighted by molar-refractivity contribution is -0.384. The van der Waals surface area contributed by atoms with Crippen molar-refractivity contribution in [3.05, 3.63) is 75.8 Å². The zero-order valence-electron chi connectivity index (χ0n) is 22.4. The van der Waals surface area contributed by atoms with Crippen LogP contribution in [-0.2, 0) is 22.6 Å². The summed E-state index contributed by atoms with van der Waals surface area (Å²) in [5.74, 6) is 0.0890. The van der Waals surface area contributed by atoms with Crippen molar-refractivity contribution in [3.8, 4) is 0 Å². The van der Waals surface area contributed by atoms with Crippen molar-refractivity contribution in [1.82, 2.24) is 15.1 Å². The van der Waals surface area contributed by atoms with Gasteiger partial charge in [-0.3, -0.25) is 24.6 Å². The third-order valence-electron chi connectivity index (χ3n) is 8.49. The van der Waals surface area contributed by atoms with E-state index in [4.69, 9.17) is 5.73 Å². The Labute approximate surface area is 229 Å². The molecule has 2 saturated carbocycles. The molecule has 2 amide bonds. The predicted molar refractivity (Wildman–Crippen MR) is 149 cm³/mol. The standard InChI is InChI=1S/C30H39N5O4/c31-24-10-12-25(13-11-24)32-29(36)28-18-27(20-34(28)30(37)23-8-9-23)33(17-16-21-4-2-1-3-5-21)19-22-6-14-26(15-7-22)35(38)39/h1-7,14-15,23-25,27-28H,8-13,16-20,31H2,(H,32,36). The zero-order valence-corrected chi connectivity index (χ0v) is 22.4. The summed E-state index contributed by atoms with van der Waals surface area (Å²) in [5.41, 5.74) is 8.32. The minimum absolute atomic E-state index is 0.0159. The Bertz CT molecular complexity index is 1150. The molecule has 9 heteroatoms. The lowest BCUT2D eigenvalue weighted by atomic mass is 9.91. The maximum absolute atomic E-state index is 13.5. The number of carbonyl (C=O) groups excluding carboxylic acids is 2. The number of benzene rings is 2. The van der Waals surface area contributed by atoms with Crippen molar-refractivity contribution in [2.24, 2.45) is 11.7 Å². The first-order valence-corrected chi connectivity index (χ1v) is 14.2. The van der Waals surface area contributed by atoms with Gasteiger partial charge in [-0.1, -0.05) is 42.5 Å². The van der Waals surface area contributed by atoms with E-state index in [0.29, 0.717) is 19.5 Å². The van der Waals surface area contributed by atoms with Gasteiger partial charge in [-0.15, -0.1) is 0 Å². The molecule has 5 rings (SSSR count). The molecule has 1 heterocycles. The third-order valence-corrected chi connectivity index (χ3v) is 8.49. The molecule has 2 aliphatic carbocycles. The van der Waals surface area contributed by atoms with Crippen LogP contribution in [0.3, 0.4) is 0 Å². The van der Waals surface area contributed by atoms with Gasteiger partial charge in [-0.2, -0.15) is 0 Å². The van der Waals surface area contributed by atoms with Crippen molar-refractivity contribution in [2.75, 3.05) is 13.1 Å². The van der Waals surface area contributed by atoms with Gasteiger partial charge >= 0.3 is 0 Å². The Morgan fingerprint density at radius 3 is 2.31 bits per heavy atom. The molecule has 3 aliphatic rings. The van der Waals surface area contributed by atoms with Gasteiger partial charge in [-0.05, 0) is 62.5 Å². The maximum Gasteiger partial charge on any atom is 0.269 e. The number of nitrogens with one attached hydrogen (secondary N) is 1. The fourth-order valence-electron chi connectivity index (χ4n) is 5.96. The molecule has 0 aromatic heterocycles. The molecule has 1 saturated heterocycles. The van der Waals surface area contributed by atoms with E-state index in [1.54, 1.807) is 12.1 Å². The van der Waals surface area contributed by atoms with Gasteiger partial charge in [0, 0.05) is 55.8 Å². The second-order valence-electron chi connectivity index (χ2n) is 11.4. The first-order valence-electron chi connectivity index (χ1n) is 14.2. The number of nitrogens with two attached hydrogens (primary N) is 1. The molecule has 2 unspecified atom stereocenters. The summed E-state index contributed by atoms with van der Waals surface area (Å²) in [6.45, 7) is 1.87. The van der Waals surface area contributed by atoms with Crippen LogP contribution in [0.5, 0.6) is 0 Å². The summed E-state index contributed by atoms with van der Waals surface area (Å²) in [5, 5.41) is 14.4. The molecule has 3 fully saturated rings. The normalized spacial score (nSPS) is 25.0. The molecule has 2 atom stereocenters. The maximum atomic E-state index is 13.5. The molecular weight excluding hydrogens is 494 g/mol. The number of nitrogens with zero attached hydrogens (tertiary/aromatic N) is 3. The van der Waals surface area contributed by atoms with Crippen molar-refractivity contribution in [1.29, 1.82) is 0 Å². The molecular formula is C30H39N5O4. The van der Waals surface area contributed by atoms with Crippen LogP contribution in [0.15, 0.2) is 54.6 Å². The number of nitro benzene ring substituents is 1. The van der Waals surface area contributed by atoms with E-state index in [0.717, 1.165) is 57.1 Å². The number of amides is 2. The van der Waals surface area contributed by atoms with E-state index in [2.05, 4.69) is 22.3 Å². The molecule has 3 N–H and O–H groups in total. The molecule has 9 nitrogen and oxygen atoms in total. The first kappa shape index (κ1) is 27.3. The summed E-state index contributed by atoms with van der Waals surface area (Å²) >= 11 is 0. The summed E-state index contributed by atoms with van der Waals surface area (Å²) in [6, 6.07) is 16.8. The first-order chi connectivity index (χ1) is 18.9. The monoisotopic (exact) mass is 533 g/mol. The average Bonchev–Trinajstić information content (AvgIpc) is 3.70. The number of nitro groups is 1. The summed E-state index contributed by atoms with van der Waals surface area (Å²) < 4.78 is 0. The number of non-ortho nitro benzene ring substituents is 1. The number of hydrogen-bond acceptors (Lipinski definition) is 6. The van der Waals surface area contributed by atoms with Crippen LogP contribution in [0.4, 0.5) is 5.69 Å². The van der Waals surface area contributed by atoms with Gasteiger partial charge in [0.05, 0.1) is 4.92 Å². The second kappa shape index (κ2) is 12.3. The van der Waals surface area contributed by atoms with Gasteiger partial charge in [0.2, 0.25) is 11.8 Å². The van der Waals surface area contributed by atoms with Gasteiger partial charge in [0.15, 0.2) is 0 Å². The molecule has 1 aliphatic heterocycles. The highest BCUT2D eigenvalue weighted by molar-refractivity contribution is 5.90. The minimum Gasteiger partial charge on any atom is -0.352 e. The SMILES string of the molecule is NC1CCC(NC(=O)C2CC(N(CCc3ccccc3)Cc3ccc([N+](=O)[O-])cc3)CN2C(=O)C2CC2)CC1. The highest BCUT2D eigenvalue weighted by Gasteiger charge is 2.46. The Hall–Kier alpha value is -3.30. The van der Waals surface area contributed by atoms with Gasteiger partial charge < -0.3 is 16.0 Å². The third kappa shape index (κ3) is 7.02. The topological polar surface area (TPSA) is 122 Å². The lowest BCUT2D eigenvalue weighted by Gasteiger charge is -2.30. The van der Waals surface area contributed by atoms with E-state index in [-0.39, 0.29) is 41.5 Å². The van der Waals surface area contributed by atoms with E-state index in [1.165, 1.54) is 17.7 Å². The molecule has 0 bridgehead atoms. The van der Waals surface area contributed by atoms with Crippen LogP contribution in [0, 0.1) is 16.0 Å². The van der Waals surface area contributed by atoms with Crippen molar-refractivity contribution in [2.45, 2.75) is 82.1 Å². The highest BCUT2D eigenvalue weighted by atomic mass is 16.6. The Balaban J connectivity index is 1.33.